The summed E-state index contributed by atoms with van der Waals surface area (Å²) in [4.78, 5) is 21.5. The third kappa shape index (κ3) is 6.52. The second-order valence-corrected chi connectivity index (χ2v) is 5.55. The van der Waals surface area contributed by atoms with Crippen LogP contribution in [0, 0.1) is 0 Å². The van der Waals surface area contributed by atoms with E-state index in [0.29, 0.717) is 0 Å². The number of hydrogen-bond acceptors (Lipinski definition) is 6. The second kappa shape index (κ2) is 7.29. The van der Waals surface area contributed by atoms with Gasteiger partial charge in [-0.25, -0.2) is 8.42 Å². The first-order valence-corrected chi connectivity index (χ1v) is 6.82. The van der Waals surface area contributed by atoms with Gasteiger partial charge in [-0.1, -0.05) is 0 Å². The van der Waals surface area contributed by atoms with Gasteiger partial charge in [0.05, 0.1) is 19.0 Å². The largest absolute Gasteiger partial charge is 0.480 e. The molecule has 0 spiro atoms. The Morgan fingerprint density at radius 1 is 1.39 bits per heavy atom. The highest BCUT2D eigenvalue weighted by Crippen LogP contribution is 2.01. The quantitative estimate of drug-likeness (QED) is 0.471. The van der Waals surface area contributed by atoms with E-state index in [2.05, 4.69) is 4.74 Å². The molecule has 0 rings (SSSR count). The predicted octanol–water partition coefficient (Wildman–Crippen LogP) is -1.31. The molecule has 0 aromatic heterocycles. The van der Waals surface area contributed by atoms with Crippen LogP contribution < -0.4 is 4.72 Å². The van der Waals surface area contributed by atoms with Gasteiger partial charge in [0.15, 0.2) is 0 Å². The molecule has 106 valence electrons. The molecule has 8 nitrogen and oxygen atoms in total. The van der Waals surface area contributed by atoms with E-state index in [9.17, 15) is 18.0 Å². The Hall–Kier alpha value is -1.19. The minimum absolute atomic E-state index is 0.00809. The molecule has 9 heteroatoms. The van der Waals surface area contributed by atoms with Crippen molar-refractivity contribution in [2.24, 2.45) is 0 Å². The Bertz CT molecular complexity index is 390. The summed E-state index contributed by atoms with van der Waals surface area (Å²) < 4.78 is 29.2. The van der Waals surface area contributed by atoms with Crippen molar-refractivity contribution in [1.82, 2.24) is 4.72 Å². The van der Waals surface area contributed by atoms with Crippen molar-refractivity contribution >= 4 is 22.0 Å². The third-order valence-electron chi connectivity index (χ3n) is 2.08. The average Bonchev–Trinajstić information content (AvgIpc) is 2.24. The maximum atomic E-state index is 11.5. The van der Waals surface area contributed by atoms with Crippen molar-refractivity contribution in [3.05, 3.63) is 0 Å². The summed E-state index contributed by atoms with van der Waals surface area (Å²) in [5.41, 5.74) is 0. The SMILES string of the molecule is COC(=O)CCCS(=O)(=O)NC(C(=O)O)C(C)O. The average molecular weight is 283 g/mol. The number of carboxylic acids is 1. The summed E-state index contributed by atoms with van der Waals surface area (Å²) >= 11 is 0. The highest BCUT2D eigenvalue weighted by Gasteiger charge is 2.28. The zero-order valence-corrected chi connectivity index (χ0v) is 10.9. The summed E-state index contributed by atoms with van der Waals surface area (Å²) in [6, 6.07) is -1.60. The lowest BCUT2D eigenvalue weighted by atomic mass is 10.2. The summed E-state index contributed by atoms with van der Waals surface area (Å²) in [6.07, 6.45) is -1.43. The smallest absolute Gasteiger partial charge is 0.324 e. The first-order valence-electron chi connectivity index (χ1n) is 5.17. The summed E-state index contributed by atoms with van der Waals surface area (Å²) in [7, 11) is -2.69. The number of nitrogens with one attached hydrogen (secondary N) is 1. The molecule has 0 aromatic rings. The van der Waals surface area contributed by atoms with Crippen LogP contribution >= 0.6 is 0 Å². The number of aliphatic hydroxyl groups excluding tert-OH is 1. The van der Waals surface area contributed by atoms with E-state index in [1.807, 2.05) is 4.72 Å². The number of rotatable bonds is 8. The van der Waals surface area contributed by atoms with Crippen molar-refractivity contribution in [3.8, 4) is 0 Å². The number of ether oxygens (including phenoxy) is 1. The lowest BCUT2D eigenvalue weighted by Crippen LogP contribution is -2.48. The molecular weight excluding hydrogens is 266 g/mol. The van der Waals surface area contributed by atoms with E-state index in [1.165, 1.54) is 7.11 Å². The van der Waals surface area contributed by atoms with Gasteiger partial charge in [-0.05, 0) is 13.3 Å². The van der Waals surface area contributed by atoms with Gasteiger partial charge in [0.2, 0.25) is 10.0 Å². The van der Waals surface area contributed by atoms with Crippen molar-refractivity contribution in [2.45, 2.75) is 31.9 Å². The molecule has 3 N–H and O–H groups in total. The zero-order valence-electron chi connectivity index (χ0n) is 10.1. The van der Waals surface area contributed by atoms with Crippen molar-refractivity contribution in [1.29, 1.82) is 0 Å². The zero-order chi connectivity index (χ0) is 14.3. The molecule has 0 aliphatic heterocycles. The maximum absolute atomic E-state index is 11.5. The van der Waals surface area contributed by atoms with E-state index in [4.69, 9.17) is 10.2 Å². The Labute approximate surface area is 105 Å². The van der Waals surface area contributed by atoms with Gasteiger partial charge in [-0.3, -0.25) is 9.59 Å². The van der Waals surface area contributed by atoms with Crippen LogP contribution in [0.15, 0.2) is 0 Å². The molecule has 0 amide bonds. The van der Waals surface area contributed by atoms with Gasteiger partial charge in [-0.2, -0.15) is 4.72 Å². The Kier molecular flexibility index (Phi) is 6.81. The topological polar surface area (TPSA) is 130 Å². The van der Waals surface area contributed by atoms with E-state index >= 15 is 0 Å². The molecule has 2 atom stereocenters. The lowest BCUT2D eigenvalue weighted by molar-refractivity contribution is -0.142. The summed E-state index contributed by atoms with van der Waals surface area (Å²) in [5, 5.41) is 17.8. The van der Waals surface area contributed by atoms with Gasteiger partial charge in [0.1, 0.15) is 6.04 Å². The molecule has 0 saturated heterocycles. The van der Waals surface area contributed by atoms with Gasteiger partial charge in [-0.15, -0.1) is 0 Å². The first kappa shape index (κ1) is 16.8. The monoisotopic (exact) mass is 283 g/mol. The molecule has 0 heterocycles. The van der Waals surface area contributed by atoms with E-state index in [1.54, 1.807) is 0 Å². The summed E-state index contributed by atoms with van der Waals surface area (Å²) in [6.45, 7) is 1.16. The standard InChI is InChI=1S/C9H17NO7S/c1-6(11)8(9(13)14)10-18(15,16)5-3-4-7(12)17-2/h6,8,10-11H,3-5H2,1-2H3,(H,13,14). The second-order valence-electron chi connectivity index (χ2n) is 3.67. The van der Waals surface area contributed by atoms with Crippen molar-refractivity contribution < 1.29 is 33.0 Å². The molecule has 2 unspecified atom stereocenters. The fourth-order valence-corrected chi connectivity index (χ4v) is 2.44. The van der Waals surface area contributed by atoms with Crippen LogP contribution in [0.1, 0.15) is 19.8 Å². The molecule has 0 saturated carbocycles. The van der Waals surface area contributed by atoms with Crippen LogP contribution in [0.3, 0.4) is 0 Å². The van der Waals surface area contributed by atoms with Crippen molar-refractivity contribution in [3.63, 3.8) is 0 Å². The highest BCUT2D eigenvalue weighted by atomic mass is 32.2. The number of carbonyl (C=O) groups excluding carboxylic acids is 1. The number of carboxylic acid groups (broad SMARTS) is 1. The van der Waals surface area contributed by atoms with E-state index in [0.717, 1.165) is 6.92 Å². The van der Waals surface area contributed by atoms with Gasteiger partial charge >= 0.3 is 11.9 Å². The van der Waals surface area contributed by atoms with Gasteiger partial charge < -0.3 is 14.9 Å². The number of carbonyl (C=O) groups is 2. The van der Waals surface area contributed by atoms with Crippen molar-refractivity contribution in [2.75, 3.05) is 12.9 Å². The Morgan fingerprint density at radius 2 is 1.94 bits per heavy atom. The molecule has 0 aromatic carbocycles. The number of sulfonamides is 1. The Balaban J connectivity index is 4.38. The van der Waals surface area contributed by atoms with E-state index < -0.39 is 39.9 Å². The lowest BCUT2D eigenvalue weighted by Gasteiger charge is -2.16. The van der Waals surface area contributed by atoms with Crippen LogP contribution in [0.2, 0.25) is 0 Å². The van der Waals surface area contributed by atoms with Crippen LogP contribution in [-0.4, -0.2) is 55.6 Å². The minimum atomic E-state index is -3.87. The van der Waals surface area contributed by atoms with Crippen LogP contribution in [0.25, 0.3) is 0 Å². The first-order chi connectivity index (χ1) is 8.19. The Morgan fingerprint density at radius 3 is 2.33 bits per heavy atom. The molecule has 0 aliphatic carbocycles. The molecule has 0 aliphatic rings. The molecule has 0 fully saturated rings. The van der Waals surface area contributed by atoms with Gasteiger partial charge in [0.25, 0.3) is 0 Å². The molecule has 0 radical (unpaired) electrons. The van der Waals surface area contributed by atoms with E-state index in [-0.39, 0.29) is 12.8 Å². The summed E-state index contributed by atoms with van der Waals surface area (Å²) in [5.74, 6) is -2.43. The molecular formula is C9H17NO7S. The van der Waals surface area contributed by atoms with Gasteiger partial charge in [0, 0.05) is 6.42 Å². The molecule has 0 bridgehead atoms. The maximum Gasteiger partial charge on any atom is 0.324 e. The number of aliphatic carboxylic acids is 1. The fourth-order valence-electron chi connectivity index (χ4n) is 1.12. The number of esters is 1. The number of methoxy groups -OCH3 is 1. The predicted molar refractivity (Wildman–Crippen MR) is 61.3 cm³/mol. The van der Waals surface area contributed by atoms with Crippen LogP contribution in [0.4, 0.5) is 0 Å². The normalized spacial score (nSPS) is 14.8. The highest BCUT2D eigenvalue weighted by molar-refractivity contribution is 7.89. The fraction of sp³-hybridized carbons (Fsp3) is 0.778. The minimum Gasteiger partial charge on any atom is -0.480 e. The molecule has 18 heavy (non-hydrogen) atoms. The number of hydrogen-bond donors (Lipinski definition) is 3. The third-order valence-corrected chi connectivity index (χ3v) is 3.52. The van der Waals surface area contributed by atoms with Crippen LogP contribution in [-0.2, 0) is 24.3 Å². The number of aliphatic hydroxyl groups is 1. The van der Waals surface area contributed by atoms with Crippen LogP contribution in [0.5, 0.6) is 0 Å².